The van der Waals surface area contributed by atoms with E-state index in [4.69, 9.17) is 0 Å². The van der Waals surface area contributed by atoms with Crippen molar-refractivity contribution in [1.29, 1.82) is 0 Å². The van der Waals surface area contributed by atoms with Crippen LogP contribution in [0.3, 0.4) is 0 Å². The fourth-order valence-electron chi connectivity index (χ4n) is 2.64. The molecule has 0 aromatic carbocycles. The molecule has 6 nitrogen and oxygen atoms in total. The Morgan fingerprint density at radius 3 is 2.23 bits per heavy atom. The number of hydrogen-bond donors (Lipinski definition) is 3. The maximum Gasteiger partial charge on any atom is 0.209 e. The zero-order chi connectivity index (χ0) is 16.1. The maximum atomic E-state index is 11.3. The molecule has 0 aromatic heterocycles. The molecule has 0 unspecified atom stereocenters. The van der Waals surface area contributed by atoms with Gasteiger partial charge < -0.3 is 10.6 Å². The largest absolute Gasteiger partial charge is 0.355 e. The molecule has 0 heterocycles. The third-order valence-corrected chi connectivity index (χ3v) is 4.66. The van der Waals surface area contributed by atoms with E-state index < -0.39 is 15.6 Å². The van der Waals surface area contributed by atoms with E-state index in [2.05, 4.69) is 27.3 Å². The van der Waals surface area contributed by atoms with Gasteiger partial charge in [-0.2, -0.15) is 0 Å². The second kappa shape index (κ2) is 9.27. The van der Waals surface area contributed by atoms with Gasteiger partial charge in [0.05, 0.1) is 6.26 Å². The highest BCUT2D eigenvalue weighted by Crippen LogP contribution is 2.23. The summed E-state index contributed by atoms with van der Waals surface area (Å²) < 4.78 is 25.3. The number of halogens is 1. The van der Waals surface area contributed by atoms with E-state index in [1.54, 1.807) is 7.05 Å². The van der Waals surface area contributed by atoms with Gasteiger partial charge >= 0.3 is 0 Å². The summed E-state index contributed by atoms with van der Waals surface area (Å²) in [5.41, 5.74) is -0.563. The van der Waals surface area contributed by atoms with E-state index in [9.17, 15) is 8.42 Å². The first-order valence-corrected chi connectivity index (χ1v) is 9.46. The molecule has 1 aliphatic carbocycles. The van der Waals surface area contributed by atoms with Crippen molar-refractivity contribution < 1.29 is 8.42 Å². The standard InChI is InChI=1S/C14H30N4O2S.HI/c1-11-6-8-12(9-7-11)17-13(15-4)16-10-14(2,3)18-21(5,19)20;/h11-12,18H,6-10H2,1-5H3,(H2,15,16,17);1H. The van der Waals surface area contributed by atoms with Gasteiger partial charge in [0.15, 0.2) is 5.96 Å². The molecule has 0 spiro atoms. The summed E-state index contributed by atoms with van der Waals surface area (Å²) in [5, 5.41) is 6.63. The Kier molecular flexibility index (Phi) is 9.23. The first-order valence-electron chi connectivity index (χ1n) is 7.57. The monoisotopic (exact) mass is 446 g/mol. The molecule has 132 valence electrons. The van der Waals surface area contributed by atoms with Crippen LogP contribution in [0.15, 0.2) is 4.99 Å². The molecule has 0 aliphatic heterocycles. The highest BCUT2D eigenvalue weighted by atomic mass is 127. The number of sulfonamides is 1. The van der Waals surface area contributed by atoms with Crippen LogP contribution in [0.25, 0.3) is 0 Å². The molecule has 1 fully saturated rings. The molecule has 3 N–H and O–H groups in total. The van der Waals surface area contributed by atoms with Crippen LogP contribution in [0.4, 0.5) is 0 Å². The lowest BCUT2D eigenvalue weighted by atomic mass is 9.87. The summed E-state index contributed by atoms with van der Waals surface area (Å²) in [4.78, 5) is 4.22. The Morgan fingerprint density at radius 2 is 1.77 bits per heavy atom. The van der Waals surface area contributed by atoms with Gasteiger partial charge in [-0.15, -0.1) is 24.0 Å². The van der Waals surface area contributed by atoms with Crippen molar-refractivity contribution in [2.75, 3.05) is 19.8 Å². The average Bonchev–Trinajstić information content (AvgIpc) is 2.34. The summed E-state index contributed by atoms with van der Waals surface area (Å²) in [6.07, 6.45) is 5.98. The van der Waals surface area contributed by atoms with Crippen LogP contribution in [0.5, 0.6) is 0 Å². The topological polar surface area (TPSA) is 82.6 Å². The van der Waals surface area contributed by atoms with Crippen molar-refractivity contribution >= 4 is 40.0 Å². The molecule has 0 saturated heterocycles. The van der Waals surface area contributed by atoms with Crippen LogP contribution < -0.4 is 15.4 Å². The number of rotatable bonds is 5. The summed E-state index contributed by atoms with van der Waals surface area (Å²) >= 11 is 0. The zero-order valence-corrected chi connectivity index (χ0v) is 17.4. The molecule has 0 amide bonds. The molecule has 1 rings (SSSR count). The first-order chi connectivity index (χ1) is 9.61. The number of hydrogen-bond acceptors (Lipinski definition) is 3. The highest BCUT2D eigenvalue weighted by Gasteiger charge is 2.23. The van der Waals surface area contributed by atoms with Crippen LogP contribution in [0.2, 0.25) is 0 Å². The maximum absolute atomic E-state index is 11.3. The number of aliphatic imine (C=N–C) groups is 1. The number of nitrogens with zero attached hydrogens (tertiary/aromatic N) is 1. The quantitative estimate of drug-likeness (QED) is 0.341. The van der Waals surface area contributed by atoms with Gasteiger partial charge in [0.1, 0.15) is 0 Å². The smallest absolute Gasteiger partial charge is 0.209 e. The third-order valence-electron chi connectivity index (χ3n) is 3.74. The minimum Gasteiger partial charge on any atom is -0.355 e. The molecule has 22 heavy (non-hydrogen) atoms. The Balaban J connectivity index is 0.00000441. The van der Waals surface area contributed by atoms with Crippen LogP contribution in [0, 0.1) is 5.92 Å². The molecular weight excluding hydrogens is 415 g/mol. The van der Waals surface area contributed by atoms with Crippen molar-refractivity contribution in [1.82, 2.24) is 15.4 Å². The lowest BCUT2D eigenvalue weighted by molar-refractivity contribution is 0.328. The van der Waals surface area contributed by atoms with Gasteiger partial charge in [-0.1, -0.05) is 6.92 Å². The highest BCUT2D eigenvalue weighted by molar-refractivity contribution is 14.0. The van der Waals surface area contributed by atoms with Gasteiger partial charge in [0.25, 0.3) is 0 Å². The predicted molar refractivity (Wildman–Crippen MR) is 103 cm³/mol. The fraction of sp³-hybridized carbons (Fsp3) is 0.929. The van der Waals surface area contributed by atoms with Crippen LogP contribution in [0.1, 0.15) is 46.5 Å². The van der Waals surface area contributed by atoms with Crippen molar-refractivity contribution in [3.63, 3.8) is 0 Å². The Bertz CT molecular complexity index is 457. The normalized spacial score (nSPS) is 23.6. The van der Waals surface area contributed by atoms with Gasteiger partial charge in [0, 0.05) is 25.2 Å². The van der Waals surface area contributed by atoms with Crippen molar-refractivity contribution in [3.8, 4) is 0 Å². The SMILES string of the molecule is CN=C(NCC(C)(C)NS(C)(=O)=O)NC1CCC(C)CC1.I. The van der Waals surface area contributed by atoms with Gasteiger partial charge in [-0.3, -0.25) is 4.99 Å². The minimum atomic E-state index is -3.22. The second-order valence-electron chi connectivity index (χ2n) is 6.79. The Hall–Kier alpha value is -0.0900. The summed E-state index contributed by atoms with van der Waals surface area (Å²) in [6, 6.07) is 0.457. The van der Waals surface area contributed by atoms with E-state index in [1.807, 2.05) is 13.8 Å². The van der Waals surface area contributed by atoms with Crippen molar-refractivity contribution in [2.45, 2.75) is 58.0 Å². The van der Waals surface area contributed by atoms with Crippen LogP contribution >= 0.6 is 24.0 Å². The van der Waals surface area contributed by atoms with E-state index >= 15 is 0 Å². The van der Waals surface area contributed by atoms with E-state index in [-0.39, 0.29) is 24.0 Å². The van der Waals surface area contributed by atoms with Crippen LogP contribution in [-0.2, 0) is 10.0 Å². The lowest BCUT2D eigenvalue weighted by Crippen LogP contribution is -2.54. The van der Waals surface area contributed by atoms with Crippen LogP contribution in [-0.4, -0.2) is 45.8 Å². The lowest BCUT2D eigenvalue weighted by Gasteiger charge is -2.30. The van der Waals surface area contributed by atoms with E-state index in [1.165, 1.54) is 19.1 Å². The number of nitrogens with one attached hydrogen (secondary N) is 3. The average molecular weight is 446 g/mol. The molecule has 0 bridgehead atoms. The third kappa shape index (κ3) is 9.14. The molecule has 0 radical (unpaired) electrons. The minimum absolute atomic E-state index is 0. The van der Waals surface area contributed by atoms with E-state index in [0.29, 0.717) is 12.6 Å². The molecule has 8 heteroatoms. The molecule has 0 atom stereocenters. The van der Waals surface area contributed by atoms with Crippen molar-refractivity contribution in [3.05, 3.63) is 0 Å². The summed E-state index contributed by atoms with van der Waals surface area (Å²) in [7, 11) is -1.49. The number of guanidine groups is 1. The Labute approximate surface area is 152 Å². The first kappa shape index (κ1) is 21.9. The van der Waals surface area contributed by atoms with E-state index in [0.717, 1.165) is 24.7 Å². The fourth-order valence-corrected chi connectivity index (χ4v) is 3.71. The molecule has 0 aromatic rings. The molecule has 1 aliphatic rings. The van der Waals surface area contributed by atoms with Crippen molar-refractivity contribution in [2.24, 2.45) is 10.9 Å². The Morgan fingerprint density at radius 1 is 1.23 bits per heavy atom. The predicted octanol–water partition coefficient (Wildman–Crippen LogP) is 1.68. The van der Waals surface area contributed by atoms with Gasteiger partial charge in [-0.25, -0.2) is 13.1 Å². The summed E-state index contributed by atoms with van der Waals surface area (Å²) in [5.74, 6) is 1.55. The molecular formula is C14H31IN4O2S. The zero-order valence-electron chi connectivity index (χ0n) is 14.3. The second-order valence-corrected chi connectivity index (χ2v) is 8.53. The summed E-state index contributed by atoms with van der Waals surface area (Å²) in [6.45, 7) is 6.46. The van der Waals surface area contributed by atoms with Gasteiger partial charge in [0.2, 0.25) is 10.0 Å². The molecule has 1 saturated carbocycles. The van der Waals surface area contributed by atoms with Gasteiger partial charge in [-0.05, 0) is 45.4 Å².